The summed E-state index contributed by atoms with van der Waals surface area (Å²) < 4.78 is 79.1. The Hall–Kier alpha value is -3.36. The third kappa shape index (κ3) is 4.76. The molecule has 3 nitrogen and oxygen atoms in total. The van der Waals surface area contributed by atoms with Gasteiger partial charge in [-0.25, -0.2) is 0 Å². The standard InChI is InChI=1S/C23H18F6N2O/c1-3-14-6-4-5-7-18(14)19-8-9-30-13-20(19)31(2)21(32)15-10-16(22(24,25)26)12-17(11-15)23(27,28)29/h4-13H,3H2,1-2H3. The highest BCUT2D eigenvalue weighted by atomic mass is 19.4. The number of halogens is 6. The van der Waals surface area contributed by atoms with Crippen molar-refractivity contribution in [1.82, 2.24) is 4.98 Å². The molecule has 0 spiro atoms. The second kappa shape index (κ2) is 8.64. The predicted molar refractivity (Wildman–Crippen MR) is 108 cm³/mol. The van der Waals surface area contributed by atoms with Crippen LogP contribution in [-0.2, 0) is 18.8 Å². The monoisotopic (exact) mass is 452 g/mol. The lowest BCUT2D eigenvalue weighted by Gasteiger charge is -2.22. The number of rotatable bonds is 4. The zero-order valence-corrected chi connectivity index (χ0v) is 17.1. The summed E-state index contributed by atoms with van der Waals surface area (Å²) in [5.74, 6) is -1.02. The van der Waals surface area contributed by atoms with E-state index in [4.69, 9.17) is 0 Å². The van der Waals surface area contributed by atoms with Crippen LogP contribution in [-0.4, -0.2) is 17.9 Å². The number of aryl methyl sites for hydroxylation is 1. The fourth-order valence-corrected chi connectivity index (χ4v) is 3.35. The SMILES string of the molecule is CCc1ccccc1-c1ccncc1N(C)C(=O)c1cc(C(F)(F)F)cc(C(F)(F)F)c1. The van der Waals surface area contributed by atoms with Gasteiger partial charge in [-0.3, -0.25) is 9.78 Å². The van der Waals surface area contributed by atoms with Crippen LogP contribution in [0.1, 0.15) is 34.0 Å². The maximum absolute atomic E-state index is 13.2. The first-order valence-corrected chi connectivity index (χ1v) is 9.53. The smallest absolute Gasteiger partial charge is 0.309 e. The largest absolute Gasteiger partial charge is 0.416 e. The molecule has 1 amide bonds. The number of benzene rings is 2. The van der Waals surface area contributed by atoms with Crippen molar-refractivity contribution in [1.29, 1.82) is 0 Å². The van der Waals surface area contributed by atoms with E-state index in [0.717, 1.165) is 16.0 Å². The second-order valence-corrected chi connectivity index (χ2v) is 7.06. The van der Waals surface area contributed by atoms with Crippen molar-refractivity contribution in [2.24, 2.45) is 0 Å². The van der Waals surface area contributed by atoms with Crippen LogP contribution < -0.4 is 4.90 Å². The lowest BCUT2D eigenvalue weighted by atomic mass is 9.97. The minimum Gasteiger partial charge on any atom is -0.309 e. The van der Waals surface area contributed by atoms with Gasteiger partial charge in [0.05, 0.1) is 23.0 Å². The molecule has 0 saturated carbocycles. The van der Waals surface area contributed by atoms with E-state index >= 15 is 0 Å². The van der Waals surface area contributed by atoms with Gasteiger partial charge in [0, 0.05) is 24.4 Å². The molecular weight excluding hydrogens is 434 g/mol. The number of nitrogens with zero attached hydrogens (tertiary/aromatic N) is 2. The molecule has 0 bridgehead atoms. The molecule has 0 atom stereocenters. The van der Waals surface area contributed by atoms with E-state index in [1.54, 1.807) is 12.1 Å². The summed E-state index contributed by atoms with van der Waals surface area (Å²) in [4.78, 5) is 18.0. The van der Waals surface area contributed by atoms with Crippen molar-refractivity contribution in [3.8, 4) is 11.1 Å². The molecular formula is C23H18F6N2O. The van der Waals surface area contributed by atoms with E-state index in [2.05, 4.69) is 4.98 Å². The number of alkyl halides is 6. The zero-order chi connectivity index (χ0) is 23.7. The molecule has 0 N–H and O–H groups in total. The van der Waals surface area contributed by atoms with Crippen molar-refractivity contribution in [2.75, 3.05) is 11.9 Å². The Morgan fingerprint density at radius 1 is 0.906 bits per heavy atom. The zero-order valence-electron chi connectivity index (χ0n) is 17.1. The third-order valence-electron chi connectivity index (χ3n) is 4.99. The summed E-state index contributed by atoms with van der Waals surface area (Å²) in [7, 11) is 1.28. The van der Waals surface area contributed by atoms with Gasteiger partial charge in [0.1, 0.15) is 0 Å². The molecule has 168 valence electrons. The summed E-state index contributed by atoms with van der Waals surface area (Å²) in [6, 6.07) is 9.83. The Bertz CT molecular complexity index is 1110. The summed E-state index contributed by atoms with van der Waals surface area (Å²) in [6.45, 7) is 1.94. The number of aromatic nitrogens is 1. The summed E-state index contributed by atoms with van der Waals surface area (Å²) in [6.07, 6.45) is -6.57. The van der Waals surface area contributed by atoms with Crippen LogP contribution in [0, 0.1) is 0 Å². The fourth-order valence-electron chi connectivity index (χ4n) is 3.35. The van der Waals surface area contributed by atoms with Gasteiger partial charge in [0.25, 0.3) is 5.91 Å². The number of carbonyl (C=O) groups excluding carboxylic acids is 1. The first-order chi connectivity index (χ1) is 14.9. The van der Waals surface area contributed by atoms with Gasteiger partial charge in [0.15, 0.2) is 0 Å². The minimum absolute atomic E-state index is 0.0101. The maximum Gasteiger partial charge on any atom is 0.416 e. The number of hydrogen-bond acceptors (Lipinski definition) is 2. The molecule has 0 unspecified atom stereocenters. The molecule has 0 aliphatic heterocycles. The van der Waals surface area contributed by atoms with Crippen LogP contribution in [0.5, 0.6) is 0 Å². The lowest BCUT2D eigenvalue weighted by Crippen LogP contribution is -2.28. The molecule has 0 aliphatic carbocycles. The van der Waals surface area contributed by atoms with Crippen LogP contribution in [0.2, 0.25) is 0 Å². The first-order valence-electron chi connectivity index (χ1n) is 9.53. The van der Waals surface area contributed by atoms with Crippen molar-refractivity contribution in [2.45, 2.75) is 25.7 Å². The number of amides is 1. The average Bonchev–Trinajstić information content (AvgIpc) is 2.76. The number of hydrogen-bond donors (Lipinski definition) is 0. The normalized spacial score (nSPS) is 12.0. The van der Waals surface area contributed by atoms with E-state index in [9.17, 15) is 31.1 Å². The number of anilines is 1. The Balaban J connectivity index is 2.11. The van der Waals surface area contributed by atoms with E-state index in [1.807, 2.05) is 25.1 Å². The van der Waals surface area contributed by atoms with Crippen molar-refractivity contribution < 1.29 is 31.1 Å². The summed E-state index contributed by atoms with van der Waals surface area (Å²) in [5.41, 5.74) is -1.25. The van der Waals surface area contributed by atoms with Crippen LogP contribution in [0.4, 0.5) is 32.0 Å². The fraction of sp³-hybridized carbons (Fsp3) is 0.217. The number of pyridine rings is 1. The highest BCUT2D eigenvalue weighted by Gasteiger charge is 2.38. The summed E-state index contributed by atoms with van der Waals surface area (Å²) >= 11 is 0. The Morgan fingerprint density at radius 3 is 2.06 bits per heavy atom. The van der Waals surface area contributed by atoms with E-state index in [-0.39, 0.29) is 11.8 Å². The van der Waals surface area contributed by atoms with Crippen molar-refractivity contribution in [3.63, 3.8) is 0 Å². The molecule has 0 saturated heterocycles. The highest BCUT2D eigenvalue weighted by Crippen LogP contribution is 2.37. The molecule has 3 rings (SSSR count). The number of carbonyl (C=O) groups is 1. The molecule has 0 aliphatic rings. The van der Waals surface area contributed by atoms with E-state index in [1.165, 1.54) is 19.4 Å². The molecule has 3 aromatic rings. The quantitative estimate of drug-likeness (QED) is 0.417. The molecule has 0 radical (unpaired) electrons. The van der Waals surface area contributed by atoms with Crippen LogP contribution >= 0.6 is 0 Å². The van der Waals surface area contributed by atoms with Gasteiger partial charge in [-0.15, -0.1) is 0 Å². The Morgan fingerprint density at radius 2 is 1.50 bits per heavy atom. The average molecular weight is 452 g/mol. The highest BCUT2D eigenvalue weighted by molar-refractivity contribution is 6.08. The second-order valence-electron chi connectivity index (χ2n) is 7.06. The minimum atomic E-state index is -5.05. The Labute approximate surface area is 180 Å². The molecule has 0 fully saturated rings. The molecule has 1 heterocycles. The molecule has 32 heavy (non-hydrogen) atoms. The van der Waals surface area contributed by atoms with Crippen LogP contribution in [0.3, 0.4) is 0 Å². The van der Waals surface area contributed by atoms with Crippen LogP contribution in [0.15, 0.2) is 60.9 Å². The van der Waals surface area contributed by atoms with Crippen molar-refractivity contribution in [3.05, 3.63) is 83.2 Å². The maximum atomic E-state index is 13.2. The first kappa shape index (κ1) is 23.3. The van der Waals surface area contributed by atoms with E-state index < -0.39 is 35.0 Å². The van der Waals surface area contributed by atoms with Gasteiger partial charge in [-0.1, -0.05) is 31.2 Å². The molecule has 1 aromatic heterocycles. The van der Waals surface area contributed by atoms with Gasteiger partial charge in [-0.2, -0.15) is 26.3 Å². The Kier molecular flexibility index (Phi) is 6.29. The van der Waals surface area contributed by atoms with Crippen molar-refractivity contribution >= 4 is 11.6 Å². The van der Waals surface area contributed by atoms with Crippen LogP contribution in [0.25, 0.3) is 11.1 Å². The van der Waals surface area contributed by atoms with Gasteiger partial charge in [0.2, 0.25) is 0 Å². The lowest BCUT2D eigenvalue weighted by molar-refractivity contribution is -0.143. The molecule has 9 heteroatoms. The third-order valence-corrected chi connectivity index (χ3v) is 4.99. The molecule has 2 aromatic carbocycles. The van der Waals surface area contributed by atoms with Gasteiger partial charge >= 0.3 is 12.4 Å². The van der Waals surface area contributed by atoms with Gasteiger partial charge < -0.3 is 4.90 Å². The topological polar surface area (TPSA) is 33.2 Å². The van der Waals surface area contributed by atoms with E-state index in [0.29, 0.717) is 24.1 Å². The summed E-state index contributed by atoms with van der Waals surface area (Å²) in [5, 5.41) is 0. The van der Waals surface area contributed by atoms with Gasteiger partial charge in [-0.05, 0) is 41.8 Å². The predicted octanol–water partition coefficient (Wildman–Crippen LogP) is 6.63.